The number of hydrogen-bond acceptors (Lipinski definition) is 4. The molecule has 0 amide bonds. The lowest BCUT2D eigenvalue weighted by Crippen LogP contribution is -2.32. The number of carbonyl (C=O) groups is 1. The van der Waals surface area contributed by atoms with E-state index in [0.717, 1.165) is 22.4 Å². The summed E-state index contributed by atoms with van der Waals surface area (Å²) in [5.41, 5.74) is 9.47. The van der Waals surface area contributed by atoms with Crippen molar-refractivity contribution in [1.82, 2.24) is 15.8 Å². The Labute approximate surface area is 186 Å². The summed E-state index contributed by atoms with van der Waals surface area (Å²) in [6.45, 7) is 1.10. The molecule has 1 saturated heterocycles. The molecule has 158 valence electrons. The number of hydrogen-bond donors (Lipinski definition) is 3. The van der Waals surface area contributed by atoms with Gasteiger partial charge in [0.2, 0.25) is 0 Å². The topological polar surface area (TPSA) is 73.8 Å². The van der Waals surface area contributed by atoms with Crippen LogP contribution in [0.1, 0.15) is 33.2 Å². The molecule has 0 saturated carbocycles. The second-order valence-corrected chi connectivity index (χ2v) is 7.61. The number of nitrogens with one attached hydrogen (secondary N) is 2. The van der Waals surface area contributed by atoms with Crippen molar-refractivity contribution in [2.75, 3.05) is 6.54 Å². The van der Waals surface area contributed by atoms with Crippen LogP contribution in [0.5, 0.6) is 5.75 Å². The maximum absolute atomic E-state index is 11.5. The second kappa shape index (κ2) is 9.59. The molecule has 1 heterocycles. The Kier molecular flexibility index (Phi) is 6.45. The van der Waals surface area contributed by atoms with E-state index in [-0.39, 0.29) is 6.17 Å². The lowest BCUT2D eigenvalue weighted by molar-refractivity contribution is 0.0695. The number of ether oxygens (including phenoxy) is 1. The largest absolute Gasteiger partial charge is 0.489 e. The van der Waals surface area contributed by atoms with Crippen molar-refractivity contribution in [2.45, 2.75) is 19.2 Å². The van der Waals surface area contributed by atoms with Crippen LogP contribution in [-0.4, -0.2) is 27.6 Å². The van der Waals surface area contributed by atoms with E-state index in [2.05, 4.69) is 10.9 Å². The predicted molar refractivity (Wildman–Crippen MR) is 123 cm³/mol. The lowest BCUT2D eigenvalue weighted by atomic mass is 10.0. The van der Waals surface area contributed by atoms with Gasteiger partial charge in [-0.3, -0.25) is 5.43 Å². The van der Waals surface area contributed by atoms with Crippen molar-refractivity contribution in [3.05, 3.63) is 101 Å². The van der Waals surface area contributed by atoms with Gasteiger partial charge in [0.15, 0.2) is 5.11 Å². The van der Waals surface area contributed by atoms with E-state index < -0.39 is 5.97 Å². The Morgan fingerprint density at radius 2 is 1.71 bits per heavy atom. The first kappa shape index (κ1) is 20.8. The van der Waals surface area contributed by atoms with Gasteiger partial charge in [-0.25, -0.2) is 10.2 Å². The molecule has 0 radical (unpaired) electrons. The molecule has 0 aromatic heterocycles. The Hall–Kier alpha value is -3.42. The first-order valence-corrected chi connectivity index (χ1v) is 10.4. The van der Waals surface area contributed by atoms with E-state index in [1.165, 1.54) is 0 Å². The van der Waals surface area contributed by atoms with E-state index in [9.17, 15) is 9.90 Å². The number of benzene rings is 3. The summed E-state index contributed by atoms with van der Waals surface area (Å²) in [4.78, 5) is 13.5. The highest BCUT2D eigenvalue weighted by molar-refractivity contribution is 7.80. The second-order valence-electron chi connectivity index (χ2n) is 7.23. The van der Waals surface area contributed by atoms with Gasteiger partial charge < -0.3 is 14.7 Å². The van der Waals surface area contributed by atoms with Crippen molar-refractivity contribution in [1.29, 1.82) is 0 Å². The quantitative estimate of drug-likeness (QED) is 0.465. The third-order valence-electron chi connectivity index (χ3n) is 5.20. The van der Waals surface area contributed by atoms with Gasteiger partial charge in [-0.1, -0.05) is 60.7 Å². The van der Waals surface area contributed by atoms with Gasteiger partial charge in [0.25, 0.3) is 0 Å². The molecular weight excluding hydrogens is 410 g/mol. The Bertz CT molecular complexity index is 1060. The Morgan fingerprint density at radius 3 is 2.45 bits per heavy atom. The molecule has 1 aliphatic heterocycles. The molecule has 0 spiro atoms. The van der Waals surface area contributed by atoms with E-state index in [1.807, 2.05) is 71.6 Å². The maximum Gasteiger partial charge on any atom is 0.335 e. The number of aromatic carboxylic acids is 1. The van der Waals surface area contributed by atoms with Crippen molar-refractivity contribution < 1.29 is 14.6 Å². The van der Waals surface area contributed by atoms with Crippen LogP contribution in [0.15, 0.2) is 78.9 Å². The van der Waals surface area contributed by atoms with E-state index >= 15 is 0 Å². The normalized spacial score (nSPS) is 15.5. The first-order valence-electron chi connectivity index (χ1n) is 10.0. The van der Waals surface area contributed by atoms with Crippen LogP contribution in [0, 0.1) is 0 Å². The molecule has 3 aromatic rings. The fourth-order valence-electron chi connectivity index (χ4n) is 3.57. The van der Waals surface area contributed by atoms with E-state index in [4.69, 9.17) is 17.0 Å². The molecule has 0 aliphatic carbocycles. The predicted octanol–water partition coefficient (Wildman–Crippen LogP) is 3.90. The molecule has 7 heteroatoms. The van der Waals surface area contributed by atoms with Gasteiger partial charge in [0, 0.05) is 6.54 Å². The zero-order chi connectivity index (χ0) is 21.6. The number of rotatable bonds is 8. The molecule has 1 atom stereocenters. The minimum atomic E-state index is -0.918. The van der Waals surface area contributed by atoms with E-state index in [0.29, 0.717) is 30.2 Å². The average molecular weight is 434 g/mol. The highest BCUT2D eigenvalue weighted by atomic mass is 32.1. The van der Waals surface area contributed by atoms with E-state index in [1.54, 1.807) is 12.1 Å². The summed E-state index contributed by atoms with van der Waals surface area (Å²) in [5.74, 6) is -0.124. The van der Waals surface area contributed by atoms with Gasteiger partial charge >= 0.3 is 5.97 Å². The molecule has 0 bridgehead atoms. The van der Waals surface area contributed by atoms with Crippen molar-refractivity contribution in [3.63, 3.8) is 0 Å². The molecule has 1 aliphatic rings. The summed E-state index contributed by atoms with van der Waals surface area (Å²) in [6, 6.07) is 25.0. The summed E-state index contributed by atoms with van der Waals surface area (Å²) < 4.78 is 5.87. The zero-order valence-electron chi connectivity index (χ0n) is 16.8. The number of carboxylic acids is 1. The van der Waals surface area contributed by atoms with Crippen LogP contribution < -0.4 is 15.6 Å². The summed E-state index contributed by atoms with van der Waals surface area (Å²) in [5, 5.41) is 9.99. The number of thiocarbonyl (C=S) groups is 1. The van der Waals surface area contributed by atoms with Crippen molar-refractivity contribution in [3.8, 4) is 5.75 Å². The van der Waals surface area contributed by atoms with Crippen LogP contribution in [0.2, 0.25) is 0 Å². The minimum absolute atomic E-state index is 0.146. The molecule has 31 heavy (non-hydrogen) atoms. The highest BCUT2D eigenvalue weighted by Gasteiger charge is 2.28. The molecular formula is C24H23N3O3S. The summed E-state index contributed by atoms with van der Waals surface area (Å²) in [7, 11) is 0. The van der Waals surface area contributed by atoms with Gasteiger partial charge in [0.1, 0.15) is 18.5 Å². The van der Waals surface area contributed by atoms with Crippen LogP contribution in [-0.2, 0) is 13.0 Å². The SMILES string of the molecule is O=C(O)c1ccccc1CCN1C(=S)NNC1c1ccc(OCc2ccccc2)cc1. The van der Waals surface area contributed by atoms with Gasteiger partial charge in [0.05, 0.1) is 5.56 Å². The standard InChI is InChI=1S/C24H23N3O3S/c28-23(29)21-9-5-4-8-18(21)14-15-27-22(25-26-24(27)31)19-10-12-20(13-11-19)30-16-17-6-2-1-3-7-17/h1-13,22,25H,14-16H2,(H,26,31)(H,28,29). The zero-order valence-corrected chi connectivity index (χ0v) is 17.6. The first-order chi connectivity index (χ1) is 15.1. The smallest absolute Gasteiger partial charge is 0.335 e. The fourth-order valence-corrected chi connectivity index (χ4v) is 3.82. The van der Waals surface area contributed by atoms with Crippen LogP contribution in [0.4, 0.5) is 0 Å². The highest BCUT2D eigenvalue weighted by Crippen LogP contribution is 2.25. The monoisotopic (exact) mass is 433 g/mol. The maximum atomic E-state index is 11.5. The fraction of sp³-hybridized carbons (Fsp3) is 0.167. The molecule has 1 unspecified atom stereocenters. The third kappa shape index (κ3) is 5.02. The summed E-state index contributed by atoms with van der Waals surface area (Å²) in [6.07, 6.45) is 0.425. The van der Waals surface area contributed by atoms with Gasteiger partial charge in [-0.2, -0.15) is 0 Å². The van der Waals surface area contributed by atoms with Gasteiger partial charge in [-0.15, -0.1) is 0 Å². The Morgan fingerprint density at radius 1 is 1.00 bits per heavy atom. The number of hydrazine groups is 1. The molecule has 3 aromatic carbocycles. The Balaban J connectivity index is 1.41. The molecule has 3 N–H and O–H groups in total. The summed E-state index contributed by atoms with van der Waals surface area (Å²) >= 11 is 5.45. The lowest BCUT2D eigenvalue weighted by Gasteiger charge is -2.25. The minimum Gasteiger partial charge on any atom is -0.489 e. The number of carboxylic acid groups (broad SMARTS) is 1. The van der Waals surface area contributed by atoms with Crippen molar-refractivity contribution >= 4 is 23.3 Å². The molecule has 6 nitrogen and oxygen atoms in total. The van der Waals surface area contributed by atoms with Crippen LogP contribution in [0.25, 0.3) is 0 Å². The molecule has 4 rings (SSSR count). The average Bonchev–Trinajstić information content (AvgIpc) is 3.17. The van der Waals surface area contributed by atoms with Crippen molar-refractivity contribution in [2.24, 2.45) is 0 Å². The molecule has 1 fully saturated rings. The third-order valence-corrected chi connectivity index (χ3v) is 5.54. The van der Waals surface area contributed by atoms with Crippen LogP contribution in [0.3, 0.4) is 0 Å². The van der Waals surface area contributed by atoms with Crippen LogP contribution >= 0.6 is 12.2 Å². The number of nitrogens with zero attached hydrogens (tertiary/aromatic N) is 1. The van der Waals surface area contributed by atoms with Gasteiger partial charge in [-0.05, 0) is 53.5 Å².